The van der Waals surface area contributed by atoms with E-state index in [4.69, 9.17) is 15.9 Å². The maximum absolute atomic E-state index is 12.9. The molecule has 0 saturated carbocycles. The largest absolute Gasteiger partial charge is 0.433 e. The van der Waals surface area contributed by atoms with Gasteiger partial charge in [0.15, 0.2) is 12.2 Å². The average Bonchev–Trinajstić information content (AvgIpc) is 2.74. The van der Waals surface area contributed by atoms with Crippen LogP contribution in [0.15, 0.2) is 48.5 Å². The van der Waals surface area contributed by atoms with Crippen molar-refractivity contribution in [3.63, 3.8) is 0 Å². The second-order valence-corrected chi connectivity index (χ2v) is 6.55. The number of para-hydroxylation sites is 2. The third kappa shape index (κ3) is 5.13. The molecule has 0 radical (unpaired) electrons. The van der Waals surface area contributed by atoms with Crippen molar-refractivity contribution in [1.29, 1.82) is 5.41 Å². The van der Waals surface area contributed by atoms with Gasteiger partial charge in [-0.15, -0.1) is 0 Å². The molecule has 1 saturated heterocycles. The molecule has 11 heteroatoms. The molecule has 2 amide bonds. The number of carbonyl (C=O) groups is 2. The van der Waals surface area contributed by atoms with E-state index in [1.54, 1.807) is 6.07 Å². The fourth-order valence-electron chi connectivity index (χ4n) is 3.03. The zero-order chi connectivity index (χ0) is 22.5. The van der Waals surface area contributed by atoms with E-state index in [9.17, 15) is 23.5 Å². The van der Waals surface area contributed by atoms with Crippen LogP contribution >= 0.6 is 0 Å². The molecule has 3 rings (SSSR count). The predicted molar refractivity (Wildman–Crippen MR) is 107 cm³/mol. The van der Waals surface area contributed by atoms with E-state index in [1.165, 1.54) is 42.5 Å². The van der Waals surface area contributed by atoms with Crippen molar-refractivity contribution in [3.8, 4) is 5.75 Å². The van der Waals surface area contributed by atoms with Gasteiger partial charge in [0.05, 0.1) is 12.3 Å². The number of morpholine rings is 1. The Balaban J connectivity index is 1.73. The number of nitrogens with zero attached hydrogens (tertiary/aromatic N) is 1. The lowest BCUT2D eigenvalue weighted by atomic mass is 10.1. The average molecular weight is 434 g/mol. The van der Waals surface area contributed by atoms with Gasteiger partial charge in [0.25, 0.3) is 11.8 Å². The van der Waals surface area contributed by atoms with Crippen LogP contribution in [0, 0.1) is 5.41 Å². The summed E-state index contributed by atoms with van der Waals surface area (Å²) in [5.74, 6) is -2.02. The van der Waals surface area contributed by atoms with Gasteiger partial charge in [-0.05, 0) is 36.4 Å². The van der Waals surface area contributed by atoms with Crippen molar-refractivity contribution >= 4 is 29.0 Å². The molecule has 2 aromatic rings. The van der Waals surface area contributed by atoms with Crippen molar-refractivity contribution in [2.24, 2.45) is 5.73 Å². The molecule has 1 fully saturated rings. The van der Waals surface area contributed by atoms with E-state index in [0.29, 0.717) is 11.3 Å². The number of hydrogen-bond donors (Lipinski definition) is 4. The lowest BCUT2D eigenvalue weighted by Gasteiger charge is -2.34. The summed E-state index contributed by atoms with van der Waals surface area (Å²) in [7, 11) is 0. The van der Waals surface area contributed by atoms with Gasteiger partial charge in [-0.25, -0.2) is 0 Å². The molecule has 9 nitrogen and oxygen atoms in total. The van der Waals surface area contributed by atoms with Crippen LogP contribution < -0.4 is 20.7 Å². The van der Waals surface area contributed by atoms with Gasteiger partial charge in [-0.2, -0.15) is 8.78 Å². The van der Waals surface area contributed by atoms with Crippen LogP contribution in [-0.4, -0.2) is 54.7 Å². The number of anilines is 2. The number of hydrogen-bond acceptors (Lipinski definition) is 6. The van der Waals surface area contributed by atoms with Crippen LogP contribution in [0.25, 0.3) is 0 Å². The summed E-state index contributed by atoms with van der Waals surface area (Å²) in [6.07, 6.45) is -3.39. The molecule has 1 aliphatic heterocycles. The van der Waals surface area contributed by atoms with E-state index in [2.05, 4.69) is 10.1 Å². The summed E-state index contributed by atoms with van der Waals surface area (Å²) in [5.41, 5.74) is 6.21. The molecule has 1 heterocycles. The number of nitrogens with two attached hydrogens (primary N) is 1. The summed E-state index contributed by atoms with van der Waals surface area (Å²) in [6, 6.07) is 11.7. The number of halogens is 2. The van der Waals surface area contributed by atoms with Gasteiger partial charge >= 0.3 is 6.61 Å². The first-order valence-corrected chi connectivity index (χ1v) is 9.18. The number of nitrogens with one attached hydrogen (secondary N) is 2. The molecule has 0 bridgehead atoms. The minimum absolute atomic E-state index is 0.0276. The number of benzene rings is 2. The predicted octanol–water partition coefficient (Wildman–Crippen LogP) is 1.30. The Morgan fingerprint density at radius 2 is 1.94 bits per heavy atom. The lowest BCUT2D eigenvalue weighted by Crippen LogP contribution is -2.55. The first-order chi connectivity index (χ1) is 14.8. The van der Waals surface area contributed by atoms with E-state index in [0.717, 1.165) is 4.90 Å². The highest BCUT2D eigenvalue weighted by Gasteiger charge is 2.40. The molecule has 2 aromatic carbocycles. The zero-order valence-electron chi connectivity index (χ0n) is 16.1. The minimum Gasteiger partial charge on any atom is -0.433 e. The molecule has 0 spiro atoms. The van der Waals surface area contributed by atoms with Gasteiger partial charge in [0, 0.05) is 17.8 Å². The third-order valence-corrected chi connectivity index (χ3v) is 4.51. The van der Waals surface area contributed by atoms with E-state index in [-0.39, 0.29) is 30.4 Å². The number of alkyl halides is 2. The molecular formula is C20H20F2N4O5. The molecule has 0 aliphatic carbocycles. The van der Waals surface area contributed by atoms with E-state index >= 15 is 0 Å². The molecule has 1 aliphatic rings. The van der Waals surface area contributed by atoms with Gasteiger partial charge < -0.3 is 30.5 Å². The van der Waals surface area contributed by atoms with Crippen LogP contribution in [0.5, 0.6) is 5.75 Å². The summed E-state index contributed by atoms with van der Waals surface area (Å²) >= 11 is 0. The standard InChI is InChI=1S/C20H20F2N4O5/c21-20(22)31-14-4-2-1-3-13(14)26-9-10-30-16(19(26)29)15(27)18(28)25-12-7-5-11(6-8-12)17(23)24/h1-8,15-16,20,27H,9-10H2,(H3,23,24)(H,25,28)/t15-,16-/m1/s1. The van der Waals surface area contributed by atoms with Gasteiger partial charge in [0.1, 0.15) is 11.6 Å². The summed E-state index contributed by atoms with van der Waals surface area (Å²) in [6.45, 7) is -3.09. The van der Waals surface area contributed by atoms with Crippen molar-refractivity contribution in [3.05, 3.63) is 54.1 Å². The van der Waals surface area contributed by atoms with Crippen LogP contribution in [-0.2, 0) is 14.3 Å². The smallest absolute Gasteiger partial charge is 0.387 e. The molecule has 164 valence electrons. The highest BCUT2D eigenvalue weighted by atomic mass is 19.3. The fourth-order valence-corrected chi connectivity index (χ4v) is 3.03. The second-order valence-electron chi connectivity index (χ2n) is 6.55. The van der Waals surface area contributed by atoms with E-state index in [1.807, 2.05) is 0 Å². The highest BCUT2D eigenvalue weighted by Crippen LogP contribution is 2.31. The number of nitrogen functional groups attached to an aromatic ring is 1. The monoisotopic (exact) mass is 434 g/mol. The van der Waals surface area contributed by atoms with Gasteiger partial charge in [-0.3, -0.25) is 15.0 Å². The van der Waals surface area contributed by atoms with Crippen molar-refractivity contribution in [1.82, 2.24) is 0 Å². The fraction of sp³-hybridized carbons (Fsp3) is 0.250. The number of ether oxygens (including phenoxy) is 2. The highest BCUT2D eigenvalue weighted by molar-refractivity contribution is 6.04. The number of rotatable bonds is 7. The van der Waals surface area contributed by atoms with Crippen molar-refractivity contribution in [2.75, 3.05) is 23.4 Å². The third-order valence-electron chi connectivity index (χ3n) is 4.51. The number of aliphatic hydroxyl groups is 1. The normalized spacial score (nSPS) is 17.4. The Morgan fingerprint density at radius 3 is 2.58 bits per heavy atom. The molecule has 2 atom stereocenters. The van der Waals surface area contributed by atoms with Crippen LogP contribution in [0.1, 0.15) is 5.56 Å². The minimum atomic E-state index is -3.08. The molecular weight excluding hydrogens is 414 g/mol. The van der Waals surface area contributed by atoms with Crippen LogP contribution in [0.2, 0.25) is 0 Å². The van der Waals surface area contributed by atoms with Gasteiger partial charge in [-0.1, -0.05) is 12.1 Å². The van der Waals surface area contributed by atoms with E-state index < -0.39 is 30.6 Å². The molecule has 0 aromatic heterocycles. The van der Waals surface area contributed by atoms with Crippen molar-refractivity contribution < 1.29 is 33.0 Å². The zero-order valence-corrected chi connectivity index (χ0v) is 16.1. The summed E-state index contributed by atoms with van der Waals surface area (Å²) < 4.78 is 35.1. The maximum atomic E-state index is 12.9. The van der Waals surface area contributed by atoms with Crippen LogP contribution in [0.4, 0.5) is 20.2 Å². The lowest BCUT2D eigenvalue weighted by molar-refractivity contribution is -0.150. The summed E-state index contributed by atoms with van der Waals surface area (Å²) in [5, 5.41) is 20.2. The summed E-state index contributed by atoms with van der Waals surface area (Å²) in [4.78, 5) is 26.4. The Labute approximate surface area is 175 Å². The van der Waals surface area contributed by atoms with Crippen molar-refractivity contribution in [2.45, 2.75) is 18.8 Å². The molecule has 31 heavy (non-hydrogen) atoms. The van der Waals surface area contributed by atoms with Crippen LogP contribution in [0.3, 0.4) is 0 Å². The number of amidine groups is 1. The first-order valence-electron chi connectivity index (χ1n) is 9.18. The quantitative estimate of drug-likeness (QED) is 0.383. The molecule has 0 unspecified atom stereocenters. The first kappa shape index (κ1) is 22.1. The topological polar surface area (TPSA) is 138 Å². The Hall–Kier alpha value is -3.57. The Bertz CT molecular complexity index is 970. The molecule has 5 N–H and O–H groups in total. The maximum Gasteiger partial charge on any atom is 0.387 e. The van der Waals surface area contributed by atoms with Gasteiger partial charge in [0.2, 0.25) is 0 Å². The Morgan fingerprint density at radius 1 is 1.26 bits per heavy atom. The Kier molecular flexibility index (Phi) is 6.78. The second kappa shape index (κ2) is 9.49. The number of amides is 2. The SMILES string of the molecule is N=C(N)c1ccc(NC(=O)[C@H](O)[C@H]2OCCN(c3ccccc3OC(F)F)C2=O)cc1. The number of aliphatic hydroxyl groups excluding tert-OH is 1. The number of carbonyl (C=O) groups excluding carboxylic acids is 2.